The molecular formula is C26H37NO2. The minimum Gasteiger partial charge on any atom is -0.493 e. The number of hydrogen-bond acceptors (Lipinski definition) is 3. The summed E-state index contributed by atoms with van der Waals surface area (Å²) >= 11 is 0. The molecule has 0 unspecified atom stereocenters. The van der Waals surface area contributed by atoms with Gasteiger partial charge in [0.25, 0.3) is 0 Å². The summed E-state index contributed by atoms with van der Waals surface area (Å²) in [5.41, 5.74) is 6.11. The van der Waals surface area contributed by atoms with E-state index in [0.29, 0.717) is 19.1 Å². The van der Waals surface area contributed by atoms with Crippen LogP contribution in [0.2, 0.25) is 0 Å². The first-order valence-electron chi connectivity index (χ1n) is 11.6. The van der Waals surface area contributed by atoms with Crippen LogP contribution >= 0.6 is 0 Å². The van der Waals surface area contributed by atoms with Gasteiger partial charge < -0.3 is 9.47 Å². The second-order valence-electron chi connectivity index (χ2n) is 7.97. The van der Waals surface area contributed by atoms with Crippen LogP contribution < -0.4 is 4.74 Å². The normalized spacial score (nSPS) is 16.0. The van der Waals surface area contributed by atoms with Gasteiger partial charge in [-0.3, -0.25) is 4.98 Å². The van der Waals surface area contributed by atoms with E-state index in [2.05, 4.69) is 52.0 Å². The summed E-state index contributed by atoms with van der Waals surface area (Å²) in [6.45, 7) is 9.93. The molecule has 1 heterocycles. The minimum absolute atomic E-state index is 0.0791. The standard InChI is InChI=1S/C26H37NO2/c1-5-19-15-12-16-20(6-2)25(19)23-17-24(28-7-3)22(18-27-23)26(29-8-4)21-13-10-9-11-14-21/h12,15-18,21,26H,5-11,13-14H2,1-4H3/t26-/m1/s1. The third-order valence-corrected chi connectivity index (χ3v) is 6.18. The van der Waals surface area contributed by atoms with Gasteiger partial charge >= 0.3 is 0 Å². The fourth-order valence-electron chi connectivity index (χ4n) is 4.75. The molecule has 0 radical (unpaired) electrons. The molecule has 3 rings (SSSR count). The van der Waals surface area contributed by atoms with Crippen LogP contribution in [0.5, 0.6) is 5.75 Å². The Morgan fingerprint density at radius 3 is 2.24 bits per heavy atom. The summed E-state index contributed by atoms with van der Waals surface area (Å²) in [6.07, 6.45) is 10.5. The van der Waals surface area contributed by atoms with Crippen LogP contribution in [0.1, 0.15) is 82.6 Å². The molecule has 3 heteroatoms. The molecule has 1 aliphatic carbocycles. The molecule has 0 aliphatic heterocycles. The zero-order valence-electron chi connectivity index (χ0n) is 18.7. The average molecular weight is 396 g/mol. The van der Waals surface area contributed by atoms with Crippen molar-refractivity contribution in [3.63, 3.8) is 0 Å². The van der Waals surface area contributed by atoms with Crippen LogP contribution in [0.15, 0.2) is 30.5 Å². The molecule has 1 atom stereocenters. The summed E-state index contributed by atoms with van der Waals surface area (Å²) in [7, 11) is 0. The van der Waals surface area contributed by atoms with Crippen LogP contribution in [-0.4, -0.2) is 18.2 Å². The van der Waals surface area contributed by atoms with Gasteiger partial charge in [0.05, 0.1) is 18.4 Å². The number of hydrogen-bond donors (Lipinski definition) is 0. The molecule has 2 aromatic rings. The molecule has 0 amide bonds. The lowest BCUT2D eigenvalue weighted by atomic mass is 9.82. The minimum atomic E-state index is 0.0791. The predicted molar refractivity (Wildman–Crippen MR) is 121 cm³/mol. The lowest BCUT2D eigenvalue weighted by molar-refractivity contribution is 0.00376. The maximum atomic E-state index is 6.27. The number of rotatable bonds is 9. The SMILES string of the molecule is CCOc1cc(-c2c(CC)cccc2CC)ncc1[C@H](OCC)C1CCCCC1. The van der Waals surface area contributed by atoms with E-state index in [1.165, 1.54) is 48.8 Å². The van der Waals surface area contributed by atoms with Crippen molar-refractivity contribution in [3.05, 3.63) is 47.2 Å². The Morgan fingerprint density at radius 2 is 1.66 bits per heavy atom. The van der Waals surface area contributed by atoms with Gasteiger partial charge in [0.1, 0.15) is 5.75 Å². The first-order valence-corrected chi connectivity index (χ1v) is 11.6. The van der Waals surface area contributed by atoms with Crippen molar-refractivity contribution < 1.29 is 9.47 Å². The fourth-order valence-corrected chi connectivity index (χ4v) is 4.75. The van der Waals surface area contributed by atoms with Gasteiger partial charge in [-0.05, 0) is 56.6 Å². The zero-order chi connectivity index (χ0) is 20.6. The van der Waals surface area contributed by atoms with Crippen LogP contribution in [0.3, 0.4) is 0 Å². The fraction of sp³-hybridized carbons (Fsp3) is 0.577. The highest BCUT2D eigenvalue weighted by atomic mass is 16.5. The number of aromatic nitrogens is 1. The van der Waals surface area contributed by atoms with Crippen molar-refractivity contribution in [2.24, 2.45) is 5.92 Å². The van der Waals surface area contributed by atoms with Gasteiger partial charge in [0, 0.05) is 30.0 Å². The monoisotopic (exact) mass is 395 g/mol. The smallest absolute Gasteiger partial charge is 0.128 e. The summed E-state index contributed by atoms with van der Waals surface area (Å²) < 4.78 is 12.4. The van der Waals surface area contributed by atoms with E-state index in [-0.39, 0.29) is 6.10 Å². The molecule has 1 fully saturated rings. The Kier molecular flexibility index (Phi) is 8.11. The molecule has 3 nitrogen and oxygen atoms in total. The molecule has 158 valence electrons. The molecule has 1 aromatic carbocycles. The number of pyridine rings is 1. The van der Waals surface area contributed by atoms with Gasteiger partial charge in [-0.15, -0.1) is 0 Å². The highest BCUT2D eigenvalue weighted by molar-refractivity contribution is 5.69. The molecular weight excluding hydrogens is 358 g/mol. The predicted octanol–water partition coefficient (Wildman–Crippen LogP) is 6.93. The van der Waals surface area contributed by atoms with Crippen molar-refractivity contribution in [2.75, 3.05) is 13.2 Å². The Balaban J connectivity index is 2.05. The number of aryl methyl sites for hydroxylation is 2. The van der Waals surface area contributed by atoms with Crippen molar-refractivity contribution >= 4 is 0 Å². The Bertz CT molecular complexity index is 758. The number of benzene rings is 1. The summed E-state index contributed by atoms with van der Waals surface area (Å²) in [5, 5.41) is 0. The van der Waals surface area contributed by atoms with Crippen LogP contribution in [0, 0.1) is 5.92 Å². The van der Waals surface area contributed by atoms with Gasteiger partial charge in [0.15, 0.2) is 0 Å². The molecule has 0 N–H and O–H groups in total. The maximum Gasteiger partial charge on any atom is 0.128 e. The molecule has 0 bridgehead atoms. The van der Waals surface area contributed by atoms with Crippen LogP contribution in [0.4, 0.5) is 0 Å². The molecule has 1 saturated carbocycles. The molecule has 0 spiro atoms. The zero-order valence-corrected chi connectivity index (χ0v) is 18.7. The van der Waals surface area contributed by atoms with Crippen molar-refractivity contribution in [1.82, 2.24) is 4.98 Å². The largest absolute Gasteiger partial charge is 0.493 e. The third-order valence-electron chi connectivity index (χ3n) is 6.18. The van der Waals surface area contributed by atoms with E-state index in [1.54, 1.807) is 0 Å². The first kappa shape index (κ1) is 21.8. The van der Waals surface area contributed by atoms with Crippen LogP contribution in [0.25, 0.3) is 11.3 Å². The van der Waals surface area contributed by atoms with E-state index in [9.17, 15) is 0 Å². The second kappa shape index (κ2) is 10.8. The summed E-state index contributed by atoms with van der Waals surface area (Å²) in [4.78, 5) is 4.95. The molecule has 1 aromatic heterocycles. The summed E-state index contributed by atoms with van der Waals surface area (Å²) in [6, 6.07) is 8.75. The summed E-state index contributed by atoms with van der Waals surface area (Å²) in [5.74, 6) is 1.50. The van der Waals surface area contributed by atoms with E-state index in [4.69, 9.17) is 14.5 Å². The van der Waals surface area contributed by atoms with Crippen LogP contribution in [-0.2, 0) is 17.6 Å². The first-order chi connectivity index (χ1) is 14.2. The quantitative estimate of drug-likeness (QED) is 0.461. The Labute approximate surface area is 176 Å². The van der Waals surface area contributed by atoms with E-state index < -0.39 is 0 Å². The highest BCUT2D eigenvalue weighted by Crippen LogP contribution is 2.41. The highest BCUT2D eigenvalue weighted by Gasteiger charge is 2.29. The van der Waals surface area contributed by atoms with E-state index in [1.807, 2.05) is 6.20 Å². The van der Waals surface area contributed by atoms with Gasteiger partial charge in [-0.1, -0.05) is 51.3 Å². The lowest BCUT2D eigenvalue weighted by Gasteiger charge is -2.31. The Morgan fingerprint density at radius 1 is 0.966 bits per heavy atom. The third kappa shape index (κ3) is 5.01. The Hall–Kier alpha value is -1.87. The maximum absolute atomic E-state index is 6.27. The van der Waals surface area contributed by atoms with Gasteiger partial charge in [-0.2, -0.15) is 0 Å². The molecule has 0 saturated heterocycles. The number of nitrogens with zero attached hydrogens (tertiary/aromatic N) is 1. The molecule has 29 heavy (non-hydrogen) atoms. The molecule has 1 aliphatic rings. The van der Waals surface area contributed by atoms with E-state index >= 15 is 0 Å². The van der Waals surface area contributed by atoms with Crippen molar-refractivity contribution in [1.29, 1.82) is 0 Å². The second-order valence-corrected chi connectivity index (χ2v) is 7.97. The number of ether oxygens (including phenoxy) is 2. The van der Waals surface area contributed by atoms with E-state index in [0.717, 1.165) is 29.8 Å². The topological polar surface area (TPSA) is 31.4 Å². The van der Waals surface area contributed by atoms with Crippen molar-refractivity contribution in [2.45, 2.75) is 78.7 Å². The van der Waals surface area contributed by atoms with Gasteiger partial charge in [-0.25, -0.2) is 0 Å². The lowest BCUT2D eigenvalue weighted by Crippen LogP contribution is -2.20. The van der Waals surface area contributed by atoms with Crippen molar-refractivity contribution in [3.8, 4) is 17.0 Å². The van der Waals surface area contributed by atoms with Gasteiger partial charge in [0.2, 0.25) is 0 Å². The average Bonchev–Trinajstić information content (AvgIpc) is 2.78.